The minimum Gasteiger partial charge on any atom is -0.310 e. The average Bonchev–Trinajstić information content (AvgIpc) is 3.24. The van der Waals surface area contributed by atoms with Gasteiger partial charge in [0.25, 0.3) is 0 Å². The molecule has 0 radical (unpaired) electrons. The molecule has 1 saturated carbocycles. The second kappa shape index (κ2) is 6.34. The van der Waals surface area contributed by atoms with Crippen LogP contribution in [0.5, 0.6) is 0 Å². The number of benzene rings is 2. The molecule has 1 fully saturated rings. The SMILES string of the molecule is c1ccc(C2CC2CNCc2nncn2-c2ccccc2)cc1. The van der Waals surface area contributed by atoms with Crippen LogP contribution in [0.2, 0.25) is 0 Å². The summed E-state index contributed by atoms with van der Waals surface area (Å²) in [5.41, 5.74) is 2.56. The van der Waals surface area contributed by atoms with Gasteiger partial charge in [0.2, 0.25) is 0 Å². The van der Waals surface area contributed by atoms with Crippen molar-refractivity contribution < 1.29 is 0 Å². The van der Waals surface area contributed by atoms with Gasteiger partial charge < -0.3 is 5.32 Å². The molecule has 0 aliphatic heterocycles. The van der Waals surface area contributed by atoms with Crippen LogP contribution in [0.4, 0.5) is 0 Å². The quantitative estimate of drug-likeness (QED) is 0.760. The Bertz CT molecular complexity index is 751. The van der Waals surface area contributed by atoms with Crippen molar-refractivity contribution in [1.82, 2.24) is 20.1 Å². The Morgan fingerprint density at radius 1 is 1.00 bits per heavy atom. The molecule has 3 aromatic rings. The van der Waals surface area contributed by atoms with E-state index in [2.05, 4.69) is 58.0 Å². The van der Waals surface area contributed by atoms with E-state index in [9.17, 15) is 0 Å². The zero-order valence-corrected chi connectivity index (χ0v) is 13.0. The summed E-state index contributed by atoms with van der Waals surface area (Å²) in [5, 5.41) is 11.8. The predicted octanol–water partition coefficient (Wildman–Crippen LogP) is 3.16. The first-order chi connectivity index (χ1) is 11.4. The standard InChI is InChI=1S/C19H20N4/c1-3-7-15(8-4-1)18-11-16(18)12-20-13-19-22-21-14-23(19)17-9-5-2-6-10-17/h1-10,14,16,18,20H,11-13H2. The number of nitrogens with zero attached hydrogens (tertiary/aromatic N) is 3. The Labute approximate surface area is 136 Å². The van der Waals surface area contributed by atoms with E-state index in [-0.39, 0.29) is 0 Å². The van der Waals surface area contributed by atoms with Gasteiger partial charge in [0.1, 0.15) is 6.33 Å². The first kappa shape index (κ1) is 14.2. The third-order valence-electron chi connectivity index (χ3n) is 4.49. The highest BCUT2D eigenvalue weighted by Crippen LogP contribution is 2.46. The molecule has 1 aromatic heterocycles. The van der Waals surface area contributed by atoms with Crippen molar-refractivity contribution in [1.29, 1.82) is 0 Å². The number of nitrogens with one attached hydrogen (secondary N) is 1. The molecular formula is C19H20N4. The van der Waals surface area contributed by atoms with Gasteiger partial charge in [-0.3, -0.25) is 4.57 Å². The molecule has 1 heterocycles. The zero-order chi connectivity index (χ0) is 15.5. The molecule has 4 heteroatoms. The van der Waals surface area contributed by atoms with Crippen LogP contribution in [-0.2, 0) is 6.54 Å². The van der Waals surface area contributed by atoms with Crippen LogP contribution in [-0.4, -0.2) is 21.3 Å². The van der Waals surface area contributed by atoms with Crippen LogP contribution in [0.15, 0.2) is 67.0 Å². The van der Waals surface area contributed by atoms with Gasteiger partial charge in [-0.15, -0.1) is 10.2 Å². The minimum atomic E-state index is 0.718. The van der Waals surface area contributed by atoms with Gasteiger partial charge in [0.15, 0.2) is 5.82 Å². The lowest BCUT2D eigenvalue weighted by molar-refractivity contribution is 0.603. The van der Waals surface area contributed by atoms with Crippen LogP contribution in [0.25, 0.3) is 5.69 Å². The second-order valence-corrected chi connectivity index (χ2v) is 6.10. The molecule has 1 aliphatic carbocycles. The van der Waals surface area contributed by atoms with Crippen molar-refractivity contribution in [2.45, 2.75) is 18.9 Å². The molecule has 23 heavy (non-hydrogen) atoms. The van der Waals surface area contributed by atoms with E-state index >= 15 is 0 Å². The Morgan fingerprint density at radius 3 is 2.52 bits per heavy atom. The van der Waals surface area contributed by atoms with Crippen molar-refractivity contribution in [2.24, 2.45) is 5.92 Å². The molecule has 0 spiro atoms. The molecule has 0 saturated heterocycles. The summed E-state index contributed by atoms with van der Waals surface area (Å²) < 4.78 is 2.04. The fraction of sp³-hybridized carbons (Fsp3) is 0.263. The molecule has 4 rings (SSSR count). The molecule has 2 unspecified atom stereocenters. The highest BCUT2D eigenvalue weighted by atomic mass is 15.3. The zero-order valence-electron chi connectivity index (χ0n) is 13.0. The monoisotopic (exact) mass is 304 g/mol. The third-order valence-corrected chi connectivity index (χ3v) is 4.49. The van der Waals surface area contributed by atoms with E-state index in [1.54, 1.807) is 6.33 Å². The third kappa shape index (κ3) is 3.17. The largest absolute Gasteiger partial charge is 0.310 e. The summed E-state index contributed by atoms with van der Waals surface area (Å²) in [7, 11) is 0. The lowest BCUT2D eigenvalue weighted by Gasteiger charge is -2.07. The summed E-state index contributed by atoms with van der Waals surface area (Å²) in [6.07, 6.45) is 3.05. The summed E-state index contributed by atoms with van der Waals surface area (Å²) in [6, 6.07) is 21.0. The number of para-hydroxylation sites is 1. The maximum Gasteiger partial charge on any atom is 0.151 e. The lowest BCUT2D eigenvalue weighted by atomic mass is 10.1. The van der Waals surface area contributed by atoms with E-state index in [0.29, 0.717) is 0 Å². The molecule has 1 aliphatic rings. The summed E-state index contributed by atoms with van der Waals surface area (Å²) in [6.45, 7) is 1.77. The van der Waals surface area contributed by atoms with Gasteiger partial charge in [-0.05, 0) is 42.5 Å². The van der Waals surface area contributed by atoms with Crippen LogP contribution in [0, 0.1) is 5.92 Å². The fourth-order valence-electron chi connectivity index (χ4n) is 3.13. The Kier molecular flexibility index (Phi) is 3.90. The maximum atomic E-state index is 4.24. The molecule has 4 nitrogen and oxygen atoms in total. The highest BCUT2D eigenvalue weighted by Gasteiger charge is 2.37. The maximum absolute atomic E-state index is 4.24. The van der Waals surface area contributed by atoms with Gasteiger partial charge in [-0.2, -0.15) is 0 Å². The van der Waals surface area contributed by atoms with E-state index in [0.717, 1.165) is 36.4 Å². The topological polar surface area (TPSA) is 42.7 Å². The van der Waals surface area contributed by atoms with Crippen molar-refractivity contribution in [3.63, 3.8) is 0 Å². The Morgan fingerprint density at radius 2 is 1.74 bits per heavy atom. The number of hydrogen-bond donors (Lipinski definition) is 1. The van der Waals surface area contributed by atoms with Gasteiger partial charge in [-0.25, -0.2) is 0 Å². The fourth-order valence-corrected chi connectivity index (χ4v) is 3.13. The smallest absolute Gasteiger partial charge is 0.151 e. The summed E-state index contributed by atoms with van der Waals surface area (Å²) >= 11 is 0. The molecule has 116 valence electrons. The van der Waals surface area contributed by atoms with Crippen molar-refractivity contribution >= 4 is 0 Å². The number of hydrogen-bond acceptors (Lipinski definition) is 3. The lowest BCUT2D eigenvalue weighted by Crippen LogP contribution is -2.19. The Hall–Kier alpha value is -2.46. The van der Waals surface area contributed by atoms with Crippen LogP contribution in [0.3, 0.4) is 0 Å². The van der Waals surface area contributed by atoms with Crippen LogP contribution >= 0.6 is 0 Å². The molecule has 0 bridgehead atoms. The molecule has 1 N–H and O–H groups in total. The van der Waals surface area contributed by atoms with Gasteiger partial charge >= 0.3 is 0 Å². The highest BCUT2D eigenvalue weighted by molar-refractivity contribution is 5.32. The van der Waals surface area contributed by atoms with E-state index < -0.39 is 0 Å². The van der Waals surface area contributed by atoms with Gasteiger partial charge in [0.05, 0.1) is 6.54 Å². The first-order valence-electron chi connectivity index (χ1n) is 8.12. The number of rotatable bonds is 6. The molecule has 2 atom stereocenters. The first-order valence-corrected chi connectivity index (χ1v) is 8.12. The van der Waals surface area contributed by atoms with E-state index in [1.165, 1.54) is 12.0 Å². The Balaban J connectivity index is 1.33. The van der Waals surface area contributed by atoms with E-state index in [1.807, 2.05) is 22.8 Å². The average molecular weight is 304 g/mol. The predicted molar refractivity (Wildman–Crippen MR) is 90.4 cm³/mol. The number of aromatic nitrogens is 3. The summed E-state index contributed by atoms with van der Waals surface area (Å²) in [5.74, 6) is 2.41. The molecular weight excluding hydrogens is 284 g/mol. The van der Waals surface area contributed by atoms with Crippen molar-refractivity contribution in [3.05, 3.63) is 78.4 Å². The minimum absolute atomic E-state index is 0.718. The summed E-state index contributed by atoms with van der Waals surface area (Å²) in [4.78, 5) is 0. The van der Waals surface area contributed by atoms with E-state index in [4.69, 9.17) is 0 Å². The van der Waals surface area contributed by atoms with Gasteiger partial charge in [-0.1, -0.05) is 48.5 Å². The molecule has 2 aromatic carbocycles. The molecule has 0 amide bonds. The van der Waals surface area contributed by atoms with Crippen molar-refractivity contribution in [2.75, 3.05) is 6.54 Å². The van der Waals surface area contributed by atoms with Crippen LogP contribution < -0.4 is 5.32 Å². The van der Waals surface area contributed by atoms with Crippen molar-refractivity contribution in [3.8, 4) is 5.69 Å². The second-order valence-electron chi connectivity index (χ2n) is 6.10. The van der Waals surface area contributed by atoms with Gasteiger partial charge in [0, 0.05) is 5.69 Å². The normalized spacial score (nSPS) is 19.7. The van der Waals surface area contributed by atoms with Crippen LogP contribution in [0.1, 0.15) is 23.7 Å².